The highest BCUT2D eigenvalue weighted by molar-refractivity contribution is 7.86. The van der Waals surface area contributed by atoms with E-state index in [0.29, 0.717) is 31.1 Å². The largest absolute Gasteiger partial charge is 0.458 e. The number of carbonyl (C=O) groups excluding carboxylic acids is 1. The first-order chi connectivity index (χ1) is 10.5. The Kier molecular flexibility index (Phi) is 3.77. The summed E-state index contributed by atoms with van der Waals surface area (Å²) in [7, 11) is -4.01. The molecule has 0 heterocycles. The minimum atomic E-state index is -5.61. The van der Waals surface area contributed by atoms with Crippen molar-refractivity contribution in [1.29, 1.82) is 0 Å². The molecule has 9 heteroatoms. The summed E-state index contributed by atoms with van der Waals surface area (Å²) in [6.07, 6.45) is 4.25. The number of ether oxygens (including phenoxy) is 2. The number of hydrogen-bond donors (Lipinski definition) is 1. The number of carbonyl (C=O) groups is 1. The summed E-state index contributed by atoms with van der Waals surface area (Å²) < 4.78 is 66.5. The lowest BCUT2D eigenvalue weighted by Gasteiger charge is -2.60. The van der Waals surface area contributed by atoms with Crippen LogP contribution in [-0.4, -0.2) is 43.5 Å². The van der Waals surface area contributed by atoms with Crippen LogP contribution >= 0.6 is 0 Å². The molecular weight excluding hydrogens is 334 g/mol. The van der Waals surface area contributed by atoms with Gasteiger partial charge in [0.05, 0.1) is 11.0 Å². The molecule has 6 nitrogen and oxygen atoms in total. The lowest BCUT2D eigenvalue weighted by atomic mass is 9.48. The van der Waals surface area contributed by atoms with Gasteiger partial charge in [0.2, 0.25) is 0 Å². The minimum Gasteiger partial charge on any atom is -0.458 e. The monoisotopic (exact) mass is 354 g/mol. The summed E-state index contributed by atoms with van der Waals surface area (Å²) in [6.45, 7) is -1.66. The SMILES string of the molecule is COC12CC3CC(C1)CC(C(=O)OCC(F)(F)S(=O)(=O)O)(C3)C2. The van der Waals surface area contributed by atoms with Gasteiger partial charge in [-0.05, 0) is 50.4 Å². The minimum absolute atomic E-state index is 0.297. The summed E-state index contributed by atoms with van der Waals surface area (Å²) in [4.78, 5) is 12.4. The second-order valence-electron chi connectivity index (χ2n) is 7.32. The molecule has 2 atom stereocenters. The molecule has 2 unspecified atom stereocenters. The number of hydrogen-bond acceptors (Lipinski definition) is 5. The van der Waals surface area contributed by atoms with E-state index in [1.807, 2.05) is 0 Å². The highest BCUT2D eigenvalue weighted by atomic mass is 32.2. The fourth-order valence-corrected chi connectivity index (χ4v) is 5.24. The molecule has 132 valence electrons. The molecule has 0 aromatic rings. The number of rotatable bonds is 5. The van der Waals surface area contributed by atoms with Crippen LogP contribution in [0.15, 0.2) is 0 Å². The molecule has 0 saturated heterocycles. The fourth-order valence-electron chi connectivity index (χ4n) is 5.03. The molecule has 4 rings (SSSR count). The molecule has 0 spiro atoms. The lowest BCUT2D eigenvalue weighted by Crippen LogP contribution is -2.59. The van der Waals surface area contributed by atoms with Crippen LogP contribution in [0, 0.1) is 17.3 Å². The van der Waals surface area contributed by atoms with Crippen LogP contribution in [0.5, 0.6) is 0 Å². The van der Waals surface area contributed by atoms with Crippen LogP contribution in [0.2, 0.25) is 0 Å². The van der Waals surface area contributed by atoms with Gasteiger partial charge in [-0.1, -0.05) is 0 Å². The van der Waals surface area contributed by atoms with E-state index in [4.69, 9.17) is 9.29 Å². The van der Waals surface area contributed by atoms with Gasteiger partial charge in [-0.3, -0.25) is 9.35 Å². The van der Waals surface area contributed by atoms with Gasteiger partial charge < -0.3 is 9.47 Å². The van der Waals surface area contributed by atoms with Crippen molar-refractivity contribution in [2.24, 2.45) is 17.3 Å². The molecule has 4 aliphatic carbocycles. The Morgan fingerprint density at radius 2 is 1.83 bits per heavy atom. The quantitative estimate of drug-likeness (QED) is 0.600. The van der Waals surface area contributed by atoms with Gasteiger partial charge in [-0.15, -0.1) is 0 Å². The number of methoxy groups -OCH3 is 1. The maximum Gasteiger partial charge on any atom is 0.402 e. The first-order valence-electron chi connectivity index (χ1n) is 7.58. The van der Waals surface area contributed by atoms with Crippen molar-refractivity contribution < 1.29 is 36.0 Å². The first kappa shape index (κ1) is 17.0. The van der Waals surface area contributed by atoms with E-state index < -0.39 is 39.0 Å². The number of halogens is 2. The second-order valence-corrected chi connectivity index (χ2v) is 8.86. The molecule has 0 aromatic carbocycles. The second kappa shape index (κ2) is 5.10. The third-order valence-electron chi connectivity index (χ3n) is 5.62. The molecule has 23 heavy (non-hydrogen) atoms. The standard InChI is InChI=1S/C14H20F2O6S/c1-21-13-5-9-2-10(6-13)4-12(3-9,7-13)11(17)22-8-14(15,16)23(18,19)20/h9-10H,2-8H2,1H3,(H,18,19,20). The fraction of sp³-hybridized carbons (Fsp3) is 0.929. The molecule has 0 aliphatic heterocycles. The van der Waals surface area contributed by atoms with Crippen LogP contribution in [0.3, 0.4) is 0 Å². The van der Waals surface area contributed by atoms with Crippen LogP contribution < -0.4 is 0 Å². The summed E-state index contributed by atoms with van der Waals surface area (Å²) >= 11 is 0. The topological polar surface area (TPSA) is 89.9 Å². The highest BCUT2D eigenvalue weighted by Crippen LogP contribution is 2.63. The summed E-state index contributed by atoms with van der Waals surface area (Å²) in [6, 6.07) is 0. The van der Waals surface area contributed by atoms with Gasteiger partial charge in [0.1, 0.15) is 0 Å². The maximum absolute atomic E-state index is 13.3. The van der Waals surface area contributed by atoms with Gasteiger partial charge in [0.15, 0.2) is 6.61 Å². The van der Waals surface area contributed by atoms with Gasteiger partial charge >= 0.3 is 21.3 Å². The van der Waals surface area contributed by atoms with E-state index in [0.717, 1.165) is 19.3 Å². The van der Waals surface area contributed by atoms with E-state index in [9.17, 15) is 22.0 Å². The van der Waals surface area contributed by atoms with Crippen molar-refractivity contribution in [3.8, 4) is 0 Å². The van der Waals surface area contributed by atoms with E-state index in [1.165, 1.54) is 0 Å². The van der Waals surface area contributed by atoms with E-state index in [1.54, 1.807) is 7.11 Å². The van der Waals surface area contributed by atoms with E-state index in [2.05, 4.69) is 4.74 Å². The highest BCUT2D eigenvalue weighted by Gasteiger charge is 2.62. The van der Waals surface area contributed by atoms with Crippen molar-refractivity contribution in [3.63, 3.8) is 0 Å². The zero-order valence-corrected chi connectivity index (χ0v) is 13.6. The number of esters is 1. The van der Waals surface area contributed by atoms with Gasteiger partial charge in [0.25, 0.3) is 0 Å². The van der Waals surface area contributed by atoms with Crippen molar-refractivity contribution in [2.45, 2.75) is 49.4 Å². The van der Waals surface area contributed by atoms with Crippen LogP contribution in [-0.2, 0) is 24.4 Å². The molecule has 4 fully saturated rings. The third kappa shape index (κ3) is 2.76. The Bertz CT molecular complexity index is 603. The zero-order valence-electron chi connectivity index (χ0n) is 12.8. The Morgan fingerprint density at radius 3 is 2.30 bits per heavy atom. The van der Waals surface area contributed by atoms with Crippen molar-refractivity contribution in [3.05, 3.63) is 0 Å². The van der Waals surface area contributed by atoms with Crippen LogP contribution in [0.1, 0.15) is 38.5 Å². The Balaban J connectivity index is 1.75. The van der Waals surface area contributed by atoms with Crippen molar-refractivity contribution in [1.82, 2.24) is 0 Å². The average molecular weight is 354 g/mol. The smallest absolute Gasteiger partial charge is 0.402 e. The Labute approximate surface area is 133 Å². The lowest BCUT2D eigenvalue weighted by molar-refractivity contribution is -0.206. The van der Waals surface area contributed by atoms with E-state index >= 15 is 0 Å². The molecule has 0 radical (unpaired) electrons. The number of alkyl halides is 2. The molecular formula is C14H20F2O6S. The van der Waals surface area contributed by atoms with Crippen LogP contribution in [0.25, 0.3) is 0 Å². The van der Waals surface area contributed by atoms with Crippen LogP contribution in [0.4, 0.5) is 8.78 Å². The molecule has 4 aliphatic rings. The predicted octanol–water partition coefficient (Wildman–Crippen LogP) is 2.00. The molecule has 0 amide bonds. The van der Waals surface area contributed by atoms with Gasteiger partial charge in [-0.2, -0.15) is 17.2 Å². The molecule has 4 saturated carbocycles. The molecule has 4 bridgehead atoms. The zero-order chi connectivity index (χ0) is 17.1. The summed E-state index contributed by atoms with van der Waals surface area (Å²) in [5.41, 5.74) is -1.29. The Hall–Kier alpha value is -0.800. The van der Waals surface area contributed by atoms with Crippen molar-refractivity contribution in [2.75, 3.05) is 13.7 Å². The third-order valence-corrected chi connectivity index (χ3v) is 6.49. The van der Waals surface area contributed by atoms with E-state index in [-0.39, 0.29) is 0 Å². The predicted molar refractivity (Wildman–Crippen MR) is 74.3 cm³/mol. The van der Waals surface area contributed by atoms with Gasteiger partial charge in [0, 0.05) is 7.11 Å². The van der Waals surface area contributed by atoms with Gasteiger partial charge in [-0.25, -0.2) is 0 Å². The summed E-state index contributed by atoms with van der Waals surface area (Å²) in [5, 5.41) is -4.50. The van der Waals surface area contributed by atoms with Crippen molar-refractivity contribution >= 4 is 16.1 Å². The molecule has 0 aromatic heterocycles. The molecule has 1 N–H and O–H groups in total. The first-order valence-corrected chi connectivity index (χ1v) is 9.02. The average Bonchev–Trinajstić information content (AvgIpc) is 2.42. The Morgan fingerprint density at radius 1 is 1.26 bits per heavy atom. The summed E-state index contributed by atoms with van der Waals surface area (Å²) in [5.74, 6) is -0.215. The maximum atomic E-state index is 13.3. The normalized spacial score (nSPS) is 39.5.